The summed E-state index contributed by atoms with van der Waals surface area (Å²) >= 11 is 2.77. The summed E-state index contributed by atoms with van der Waals surface area (Å²) in [6, 6.07) is 17.6. The number of Topliss-reactive ketones (excluding diaryl/α,β-unsaturated/α-hetero) is 1. The number of thioether (sulfide) groups is 1. The van der Waals surface area contributed by atoms with Crippen molar-refractivity contribution in [2.45, 2.75) is 24.3 Å². The van der Waals surface area contributed by atoms with Crippen LogP contribution in [0, 0.1) is 0 Å². The number of sulfonamides is 1. The van der Waals surface area contributed by atoms with Crippen LogP contribution in [0.1, 0.15) is 37.8 Å². The molecular weight excluding hydrogens is 502 g/mol. The summed E-state index contributed by atoms with van der Waals surface area (Å²) in [5, 5.41) is 2.15. The second kappa shape index (κ2) is 12.4. The van der Waals surface area contributed by atoms with Crippen molar-refractivity contribution in [2.75, 3.05) is 32.6 Å². The van der Waals surface area contributed by atoms with Gasteiger partial charge in [0.2, 0.25) is 10.0 Å². The summed E-state index contributed by atoms with van der Waals surface area (Å²) in [5.74, 6) is -1.29. The van der Waals surface area contributed by atoms with E-state index in [4.69, 9.17) is 0 Å². The molecule has 0 aliphatic rings. The Hall–Kier alpha value is -2.53. The van der Waals surface area contributed by atoms with Crippen LogP contribution in [-0.2, 0) is 23.0 Å². The van der Waals surface area contributed by atoms with Crippen molar-refractivity contribution < 1.29 is 18.0 Å². The lowest BCUT2D eigenvalue weighted by molar-refractivity contribution is 0.0737. The number of hydrogen-bond acceptors (Lipinski definition) is 7. The molecule has 0 N–H and O–H groups in total. The molecule has 0 fully saturated rings. The molecule has 1 aromatic heterocycles. The Balaban J connectivity index is 1.77. The van der Waals surface area contributed by atoms with E-state index >= 15 is 0 Å². The molecule has 1 amide bonds. The molecule has 10 heteroatoms. The van der Waals surface area contributed by atoms with Crippen molar-refractivity contribution in [2.24, 2.45) is 0 Å². The number of benzene rings is 2. The van der Waals surface area contributed by atoms with E-state index in [1.54, 1.807) is 10.3 Å². The minimum absolute atomic E-state index is 0.0960. The first-order valence-corrected chi connectivity index (χ1v) is 14.8. The van der Waals surface area contributed by atoms with Crippen molar-refractivity contribution in [1.29, 1.82) is 0 Å². The molecule has 0 atom stereocenters. The van der Waals surface area contributed by atoms with Gasteiger partial charge in [0.1, 0.15) is 16.5 Å². The molecule has 0 aliphatic carbocycles. The Morgan fingerprint density at radius 3 is 2.40 bits per heavy atom. The standard InChI is InChI=1S/C25H29N3O4S3/c1-27(2)35(31,32)18-22(29)21-17-34-24(26-21)16-28(15-9-12-19-10-5-4-6-11-19)25(30)20-13-7-8-14-23(20)33-3/h4-8,10-11,13-14,17H,9,12,15-16,18H2,1-3H3. The first-order chi connectivity index (χ1) is 16.7. The lowest BCUT2D eigenvalue weighted by Crippen LogP contribution is -2.32. The van der Waals surface area contributed by atoms with Crippen LogP contribution in [-0.4, -0.2) is 66.9 Å². The highest BCUT2D eigenvalue weighted by Crippen LogP contribution is 2.23. The summed E-state index contributed by atoms with van der Waals surface area (Å²) in [7, 11) is -0.895. The van der Waals surface area contributed by atoms with E-state index in [2.05, 4.69) is 17.1 Å². The number of aryl methyl sites for hydroxylation is 1. The van der Waals surface area contributed by atoms with Gasteiger partial charge in [-0.2, -0.15) is 0 Å². The van der Waals surface area contributed by atoms with Crippen molar-refractivity contribution >= 4 is 44.8 Å². The minimum Gasteiger partial charge on any atom is -0.332 e. The van der Waals surface area contributed by atoms with Crippen LogP contribution in [0.4, 0.5) is 0 Å². The van der Waals surface area contributed by atoms with Crippen LogP contribution < -0.4 is 0 Å². The smallest absolute Gasteiger partial charge is 0.255 e. The van der Waals surface area contributed by atoms with Crippen molar-refractivity contribution in [1.82, 2.24) is 14.2 Å². The number of aromatic nitrogens is 1. The highest BCUT2D eigenvalue weighted by Gasteiger charge is 2.24. The maximum atomic E-state index is 13.5. The zero-order chi connectivity index (χ0) is 25.4. The average Bonchev–Trinajstić information content (AvgIpc) is 3.32. The van der Waals surface area contributed by atoms with E-state index in [0.717, 1.165) is 22.0 Å². The maximum Gasteiger partial charge on any atom is 0.255 e. The van der Waals surface area contributed by atoms with Gasteiger partial charge in [0.05, 0.1) is 12.1 Å². The third-order valence-electron chi connectivity index (χ3n) is 5.39. The molecule has 0 saturated carbocycles. The maximum absolute atomic E-state index is 13.5. The van der Waals surface area contributed by atoms with Gasteiger partial charge in [-0.1, -0.05) is 42.5 Å². The van der Waals surface area contributed by atoms with Gasteiger partial charge in [-0.15, -0.1) is 23.1 Å². The largest absolute Gasteiger partial charge is 0.332 e. The van der Waals surface area contributed by atoms with Gasteiger partial charge < -0.3 is 4.90 Å². The number of thiazole rings is 1. The molecular formula is C25H29N3O4S3. The average molecular weight is 532 g/mol. The molecule has 0 unspecified atom stereocenters. The first-order valence-electron chi connectivity index (χ1n) is 11.1. The van der Waals surface area contributed by atoms with E-state index in [1.807, 2.05) is 48.7 Å². The van der Waals surface area contributed by atoms with Crippen molar-refractivity contribution in [3.05, 3.63) is 81.8 Å². The molecule has 0 aliphatic heterocycles. The molecule has 0 saturated heterocycles. The summed E-state index contributed by atoms with van der Waals surface area (Å²) < 4.78 is 25.2. The third kappa shape index (κ3) is 7.47. The second-order valence-corrected chi connectivity index (χ2v) is 12.1. The normalized spacial score (nSPS) is 11.5. The summed E-state index contributed by atoms with van der Waals surface area (Å²) in [6.45, 7) is 0.767. The van der Waals surface area contributed by atoms with Crippen LogP contribution in [0.3, 0.4) is 0 Å². The predicted molar refractivity (Wildman–Crippen MR) is 142 cm³/mol. The summed E-state index contributed by atoms with van der Waals surface area (Å²) in [6.07, 6.45) is 3.54. The minimum atomic E-state index is -3.67. The van der Waals surface area contributed by atoms with Gasteiger partial charge in [0, 0.05) is 30.9 Å². The quantitative estimate of drug-likeness (QED) is 0.257. The van der Waals surface area contributed by atoms with Crippen LogP contribution >= 0.6 is 23.1 Å². The van der Waals surface area contributed by atoms with Crippen molar-refractivity contribution in [3.8, 4) is 0 Å². The van der Waals surface area contributed by atoms with Crippen molar-refractivity contribution in [3.63, 3.8) is 0 Å². The van der Waals surface area contributed by atoms with Gasteiger partial charge in [0.25, 0.3) is 5.91 Å². The first kappa shape index (κ1) is 27.1. The molecule has 35 heavy (non-hydrogen) atoms. The lowest BCUT2D eigenvalue weighted by atomic mass is 10.1. The number of nitrogens with zero attached hydrogens (tertiary/aromatic N) is 3. The van der Waals surface area contributed by atoms with Crippen LogP contribution in [0.2, 0.25) is 0 Å². The molecule has 0 radical (unpaired) electrons. The molecule has 2 aromatic carbocycles. The molecule has 7 nitrogen and oxygen atoms in total. The Kier molecular flexibility index (Phi) is 9.62. The predicted octanol–water partition coefficient (Wildman–Crippen LogP) is 4.21. The van der Waals surface area contributed by atoms with Gasteiger partial charge >= 0.3 is 0 Å². The van der Waals surface area contributed by atoms with E-state index in [1.165, 1.54) is 42.8 Å². The van der Waals surface area contributed by atoms with Gasteiger partial charge in [0.15, 0.2) is 5.78 Å². The Labute approximate surface area is 215 Å². The van der Waals surface area contributed by atoms with E-state index in [9.17, 15) is 18.0 Å². The molecule has 1 heterocycles. The SMILES string of the molecule is CSc1ccccc1C(=O)N(CCCc1ccccc1)Cc1nc(C(=O)CS(=O)(=O)N(C)C)cs1. The molecule has 0 bridgehead atoms. The Morgan fingerprint density at radius 1 is 1.03 bits per heavy atom. The monoisotopic (exact) mass is 531 g/mol. The van der Waals surface area contributed by atoms with Gasteiger partial charge in [-0.25, -0.2) is 17.7 Å². The molecule has 3 rings (SSSR count). The summed E-state index contributed by atoms with van der Waals surface area (Å²) in [4.78, 5) is 33.0. The number of amides is 1. The molecule has 186 valence electrons. The van der Waals surface area contributed by atoms with Crippen LogP contribution in [0.15, 0.2) is 64.9 Å². The highest BCUT2D eigenvalue weighted by molar-refractivity contribution is 7.98. The number of carbonyl (C=O) groups is 2. The summed E-state index contributed by atoms with van der Waals surface area (Å²) in [5.41, 5.74) is 1.94. The highest BCUT2D eigenvalue weighted by atomic mass is 32.2. The number of carbonyl (C=O) groups excluding carboxylic acids is 2. The van der Waals surface area contributed by atoms with Gasteiger partial charge in [-0.05, 0) is 36.8 Å². The fourth-order valence-corrected chi connectivity index (χ4v) is 5.55. The zero-order valence-corrected chi connectivity index (χ0v) is 22.5. The van der Waals surface area contributed by atoms with E-state index < -0.39 is 21.6 Å². The Bertz CT molecular complexity index is 1260. The lowest BCUT2D eigenvalue weighted by Gasteiger charge is -2.23. The second-order valence-electron chi connectivity index (χ2n) is 8.10. The van der Waals surface area contributed by atoms with E-state index in [0.29, 0.717) is 17.1 Å². The topological polar surface area (TPSA) is 87.6 Å². The fourth-order valence-electron chi connectivity index (χ4n) is 3.41. The van der Waals surface area contributed by atoms with Gasteiger partial charge in [-0.3, -0.25) is 9.59 Å². The number of ketones is 1. The number of rotatable bonds is 12. The zero-order valence-electron chi connectivity index (χ0n) is 20.0. The van der Waals surface area contributed by atoms with Crippen LogP contribution in [0.25, 0.3) is 0 Å². The van der Waals surface area contributed by atoms with E-state index in [-0.39, 0.29) is 18.1 Å². The third-order valence-corrected chi connectivity index (χ3v) is 8.76. The van der Waals surface area contributed by atoms with Crippen LogP contribution in [0.5, 0.6) is 0 Å². The fraction of sp³-hybridized carbons (Fsp3) is 0.320. The Morgan fingerprint density at radius 2 is 1.71 bits per heavy atom. The number of hydrogen-bond donors (Lipinski definition) is 0. The molecule has 3 aromatic rings. The molecule has 0 spiro atoms.